The zero-order chi connectivity index (χ0) is 16.9. The molecule has 0 atom stereocenters. The van der Waals surface area contributed by atoms with Gasteiger partial charge in [0, 0.05) is 11.9 Å². The largest absolute Gasteiger partial charge is 0.497 e. The fourth-order valence-electron chi connectivity index (χ4n) is 2.35. The summed E-state index contributed by atoms with van der Waals surface area (Å²) in [7, 11) is 3.24. The molecule has 0 saturated heterocycles. The van der Waals surface area contributed by atoms with Crippen molar-refractivity contribution in [3.05, 3.63) is 71.5 Å². The minimum Gasteiger partial charge on any atom is -0.497 e. The standard InChI is InChI=1S/C19H17ClN2O2/c1-23-17-8-6-15(7-9-17)22-11-3-4-16(22)13-21-14-5-10-19(24-2)18(20)12-14/h3-13H,1-2H3. The average molecular weight is 341 g/mol. The summed E-state index contributed by atoms with van der Waals surface area (Å²) < 4.78 is 12.4. The summed E-state index contributed by atoms with van der Waals surface area (Å²) in [6, 6.07) is 17.3. The summed E-state index contributed by atoms with van der Waals surface area (Å²) in [5.74, 6) is 1.46. The van der Waals surface area contributed by atoms with Crippen LogP contribution >= 0.6 is 11.6 Å². The number of halogens is 1. The van der Waals surface area contributed by atoms with E-state index in [1.807, 2.05) is 59.4 Å². The van der Waals surface area contributed by atoms with Gasteiger partial charge < -0.3 is 14.0 Å². The predicted molar refractivity (Wildman–Crippen MR) is 97.6 cm³/mol. The van der Waals surface area contributed by atoms with E-state index in [0.717, 1.165) is 22.8 Å². The number of aromatic nitrogens is 1. The Labute approximate surface area is 145 Å². The Hall–Kier alpha value is -2.72. The number of methoxy groups -OCH3 is 2. The van der Waals surface area contributed by atoms with Crippen LogP contribution in [0, 0.1) is 0 Å². The van der Waals surface area contributed by atoms with Gasteiger partial charge in [0.2, 0.25) is 0 Å². The molecule has 3 rings (SSSR count). The van der Waals surface area contributed by atoms with Gasteiger partial charge in [-0.25, -0.2) is 0 Å². The highest BCUT2D eigenvalue weighted by Crippen LogP contribution is 2.28. The minimum absolute atomic E-state index is 0.540. The Morgan fingerprint density at radius 3 is 2.46 bits per heavy atom. The van der Waals surface area contributed by atoms with Crippen LogP contribution in [0.2, 0.25) is 5.02 Å². The third-order valence-corrected chi connectivity index (χ3v) is 3.91. The molecule has 1 aromatic heterocycles. The first-order valence-corrected chi connectivity index (χ1v) is 7.78. The van der Waals surface area contributed by atoms with Gasteiger partial charge in [0.05, 0.1) is 36.8 Å². The smallest absolute Gasteiger partial charge is 0.137 e. The van der Waals surface area contributed by atoms with Crippen molar-refractivity contribution in [2.24, 2.45) is 4.99 Å². The first-order chi connectivity index (χ1) is 11.7. The van der Waals surface area contributed by atoms with Crippen molar-refractivity contribution >= 4 is 23.5 Å². The minimum atomic E-state index is 0.540. The molecule has 0 aliphatic heterocycles. The van der Waals surface area contributed by atoms with Crippen molar-refractivity contribution in [2.75, 3.05) is 14.2 Å². The van der Waals surface area contributed by atoms with Crippen LogP contribution in [0.5, 0.6) is 11.5 Å². The highest BCUT2D eigenvalue weighted by molar-refractivity contribution is 6.32. The molecule has 24 heavy (non-hydrogen) atoms. The topological polar surface area (TPSA) is 35.8 Å². The third kappa shape index (κ3) is 3.44. The number of hydrogen-bond donors (Lipinski definition) is 0. The van der Waals surface area contributed by atoms with Gasteiger partial charge in [-0.15, -0.1) is 0 Å². The van der Waals surface area contributed by atoms with E-state index in [1.54, 1.807) is 26.4 Å². The summed E-state index contributed by atoms with van der Waals surface area (Å²) >= 11 is 6.13. The molecule has 3 aromatic rings. The van der Waals surface area contributed by atoms with Gasteiger partial charge in [0.15, 0.2) is 0 Å². The molecule has 5 heteroatoms. The maximum Gasteiger partial charge on any atom is 0.137 e. The fraction of sp³-hybridized carbons (Fsp3) is 0.105. The van der Waals surface area contributed by atoms with Crippen LogP contribution in [-0.2, 0) is 0 Å². The van der Waals surface area contributed by atoms with Gasteiger partial charge in [-0.05, 0) is 54.6 Å². The second-order valence-electron chi connectivity index (χ2n) is 5.08. The molecule has 0 amide bonds. The van der Waals surface area contributed by atoms with Gasteiger partial charge in [-0.2, -0.15) is 0 Å². The molecule has 0 fully saturated rings. The van der Waals surface area contributed by atoms with Crippen molar-refractivity contribution in [2.45, 2.75) is 0 Å². The van der Waals surface area contributed by atoms with E-state index >= 15 is 0 Å². The molecule has 0 unspecified atom stereocenters. The zero-order valence-corrected chi connectivity index (χ0v) is 14.2. The Kier molecular flexibility index (Phi) is 4.87. The molecule has 0 N–H and O–H groups in total. The van der Waals surface area contributed by atoms with Crippen LogP contribution in [0.15, 0.2) is 65.8 Å². The first kappa shape index (κ1) is 16.1. The lowest BCUT2D eigenvalue weighted by Gasteiger charge is -2.07. The lowest BCUT2D eigenvalue weighted by Crippen LogP contribution is -1.97. The SMILES string of the molecule is COc1ccc(-n2cccc2C=Nc2ccc(OC)c(Cl)c2)cc1. The van der Waals surface area contributed by atoms with E-state index in [-0.39, 0.29) is 0 Å². The molecule has 122 valence electrons. The van der Waals surface area contributed by atoms with Gasteiger partial charge in [0.1, 0.15) is 11.5 Å². The quantitative estimate of drug-likeness (QED) is 0.619. The summed E-state index contributed by atoms with van der Waals surface area (Å²) in [5, 5.41) is 0.540. The van der Waals surface area contributed by atoms with E-state index in [9.17, 15) is 0 Å². The Morgan fingerprint density at radius 1 is 1.00 bits per heavy atom. The third-order valence-electron chi connectivity index (χ3n) is 3.61. The number of aliphatic imine (C=N–C) groups is 1. The molecule has 1 heterocycles. The van der Waals surface area contributed by atoms with E-state index in [4.69, 9.17) is 21.1 Å². The average Bonchev–Trinajstić information content (AvgIpc) is 3.08. The van der Waals surface area contributed by atoms with E-state index in [2.05, 4.69) is 4.99 Å². The molecule has 0 saturated carbocycles. The summed E-state index contributed by atoms with van der Waals surface area (Å²) in [4.78, 5) is 4.49. The monoisotopic (exact) mass is 340 g/mol. The maximum absolute atomic E-state index is 6.13. The van der Waals surface area contributed by atoms with Crippen LogP contribution in [0.4, 0.5) is 5.69 Å². The second-order valence-corrected chi connectivity index (χ2v) is 5.49. The Balaban J connectivity index is 1.86. The lowest BCUT2D eigenvalue weighted by molar-refractivity contribution is 0.414. The van der Waals surface area contributed by atoms with Crippen LogP contribution in [-0.4, -0.2) is 25.0 Å². The van der Waals surface area contributed by atoms with Crippen molar-refractivity contribution in [1.29, 1.82) is 0 Å². The lowest BCUT2D eigenvalue weighted by atomic mass is 10.3. The number of hydrogen-bond acceptors (Lipinski definition) is 3. The first-order valence-electron chi connectivity index (χ1n) is 7.40. The molecule has 0 bridgehead atoms. The summed E-state index contributed by atoms with van der Waals surface area (Å²) in [6.45, 7) is 0. The van der Waals surface area contributed by atoms with Gasteiger partial charge in [-0.3, -0.25) is 4.99 Å². The molecule has 2 aromatic carbocycles. The Bertz CT molecular complexity index is 854. The normalized spacial score (nSPS) is 11.0. The highest BCUT2D eigenvalue weighted by Gasteiger charge is 2.03. The number of ether oxygens (including phenoxy) is 2. The van der Waals surface area contributed by atoms with Crippen LogP contribution < -0.4 is 9.47 Å². The molecule has 0 radical (unpaired) electrons. The van der Waals surface area contributed by atoms with Crippen molar-refractivity contribution in [3.8, 4) is 17.2 Å². The maximum atomic E-state index is 6.13. The van der Waals surface area contributed by atoms with Crippen LogP contribution in [0.3, 0.4) is 0 Å². The predicted octanol–water partition coefficient (Wildman–Crippen LogP) is 4.90. The van der Waals surface area contributed by atoms with Gasteiger partial charge in [0.25, 0.3) is 0 Å². The number of rotatable bonds is 5. The van der Waals surface area contributed by atoms with Crippen molar-refractivity contribution in [3.63, 3.8) is 0 Å². The molecule has 0 spiro atoms. The van der Waals surface area contributed by atoms with Crippen LogP contribution in [0.1, 0.15) is 5.69 Å². The van der Waals surface area contributed by atoms with Gasteiger partial charge >= 0.3 is 0 Å². The van der Waals surface area contributed by atoms with E-state index < -0.39 is 0 Å². The van der Waals surface area contributed by atoms with Gasteiger partial charge in [-0.1, -0.05) is 11.6 Å². The Morgan fingerprint density at radius 2 is 1.79 bits per heavy atom. The van der Waals surface area contributed by atoms with E-state index in [1.165, 1.54) is 0 Å². The second kappa shape index (κ2) is 7.23. The fourth-order valence-corrected chi connectivity index (χ4v) is 2.61. The van der Waals surface area contributed by atoms with Crippen molar-refractivity contribution < 1.29 is 9.47 Å². The molecule has 4 nitrogen and oxygen atoms in total. The summed E-state index contributed by atoms with van der Waals surface area (Å²) in [6.07, 6.45) is 3.80. The molecular formula is C19H17ClN2O2. The van der Waals surface area contributed by atoms with E-state index in [0.29, 0.717) is 10.8 Å². The highest BCUT2D eigenvalue weighted by atomic mass is 35.5. The van der Waals surface area contributed by atoms with Crippen LogP contribution in [0.25, 0.3) is 5.69 Å². The molecule has 0 aliphatic rings. The number of benzene rings is 2. The number of nitrogens with zero attached hydrogens (tertiary/aromatic N) is 2. The molecular weight excluding hydrogens is 324 g/mol. The molecule has 0 aliphatic carbocycles. The summed E-state index contributed by atoms with van der Waals surface area (Å²) in [5.41, 5.74) is 2.77. The zero-order valence-electron chi connectivity index (χ0n) is 13.4. The van der Waals surface area contributed by atoms with Crippen molar-refractivity contribution in [1.82, 2.24) is 4.57 Å².